The van der Waals surface area contributed by atoms with Gasteiger partial charge in [0.15, 0.2) is 0 Å². The van der Waals surface area contributed by atoms with Crippen molar-refractivity contribution in [1.29, 1.82) is 0 Å². The number of halogens is 1. The Balaban J connectivity index is 1.61. The van der Waals surface area contributed by atoms with Gasteiger partial charge in [-0.1, -0.05) is 11.6 Å². The number of rotatable bonds is 2. The second-order valence-corrected chi connectivity index (χ2v) is 8.19. The fraction of sp³-hybridized carbons (Fsp3) is 0.211. The van der Waals surface area contributed by atoms with E-state index in [1.54, 1.807) is 23.6 Å². The molecular weight excluding hydrogens is 396 g/mol. The average molecular weight is 413 g/mol. The van der Waals surface area contributed by atoms with E-state index >= 15 is 0 Å². The number of hydrogen-bond donors (Lipinski definition) is 4. The van der Waals surface area contributed by atoms with Crippen LogP contribution in [0, 0.1) is 0 Å². The van der Waals surface area contributed by atoms with Crippen molar-refractivity contribution < 1.29 is 5.11 Å². The van der Waals surface area contributed by atoms with Gasteiger partial charge in [0.25, 0.3) is 0 Å². The first-order valence-electron chi connectivity index (χ1n) is 8.88. The van der Waals surface area contributed by atoms with Gasteiger partial charge in [-0.3, -0.25) is 5.32 Å². The van der Waals surface area contributed by atoms with Gasteiger partial charge in [-0.2, -0.15) is 0 Å². The number of anilines is 3. The summed E-state index contributed by atoms with van der Waals surface area (Å²) < 4.78 is 1.11. The van der Waals surface area contributed by atoms with E-state index in [1.807, 2.05) is 31.2 Å². The van der Waals surface area contributed by atoms with Crippen molar-refractivity contribution in [2.45, 2.75) is 19.2 Å². The minimum Gasteiger partial charge on any atom is -0.382 e. The molecule has 0 aliphatic carbocycles. The second-order valence-electron chi connectivity index (χ2n) is 6.72. The van der Waals surface area contributed by atoms with Crippen LogP contribution >= 0.6 is 22.9 Å². The van der Waals surface area contributed by atoms with Gasteiger partial charge in [0.1, 0.15) is 17.2 Å². The Kier molecular flexibility index (Phi) is 4.28. The van der Waals surface area contributed by atoms with Gasteiger partial charge < -0.3 is 15.7 Å². The van der Waals surface area contributed by atoms with Crippen molar-refractivity contribution in [2.75, 3.05) is 17.2 Å². The van der Waals surface area contributed by atoms with Gasteiger partial charge in [0, 0.05) is 34.3 Å². The summed E-state index contributed by atoms with van der Waals surface area (Å²) in [7, 11) is 0. The molecule has 142 valence electrons. The number of aromatic nitrogens is 3. The molecule has 0 radical (unpaired) electrons. The number of benzene rings is 1. The summed E-state index contributed by atoms with van der Waals surface area (Å²) in [6.45, 7) is 2.79. The van der Waals surface area contributed by atoms with Crippen molar-refractivity contribution in [1.82, 2.24) is 20.3 Å². The molecule has 0 bridgehead atoms. The molecule has 1 unspecified atom stereocenters. The highest BCUT2D eigenvalue weighted by molar-refractivity contribution is 7.20. The van der Waals surface area contributed by atoms with Crippen molar-refractivity contribution >= 4 is 61.4 Å². The summed E-state index contributed by atoms with van der Waals surface area (Å²) in [4.78, 5) is 13.9. The van der Waals surface area contributed by atoms with Gasteiger partial charge in [-0.25, -0.2) is 15.0 Å². The molecule has 7 nitrogen and oxygen atoms in total. The van der Waals surface area contributed by atoms with Crippen molar-refractivity contribution in [3.8, 4) is 0 Å². The molecule has 1 aliphatic rings. The van der Waals surface area contributed by atoms with Gasteiger partial charge in [0.2, 0.25) is 5.95 Å². The summed E-state index contributed by atoms with van der Waals surface area (Å²) >= 11 is 7.51. The zero-order valence-corrected chi connectivity index (χ0v) is 16.5. The largest absolute Gasteiger partial charge is 0.382 e. The van der Waals surface area contributed by atoms with Crippen LogP contribution in [0.5, 0.6) is 0 Å². The van der Waals surface area contributed by atoms with Crippen LogP contribution in [0.1, 0.15) is 18.0 Å². The van der Waals surface area contributed by atoms with E-state index in [9.17, 15) is 5.11 Å². The standard InChI is InChI=1S/C19H17ClN6OS/c1-9-8-22-16-15-10-2-5-14(26-19-21-7-6-13(20)25-19)24-11(10)3-4-12(15)28-17(16)18(27)23-9/h2-7,9,18,22-23,27H,8H2,1H3,(H,21,24,25,26)/t9-,18?/m1/s1. The Morgan fingerprint density at radius 1 is 1.21 bits per heavy atom. The van der Waals surface area contributed by atoms with Crippen LogP contribution in [0.15, 0.2) is 36.5 Å². The first-order chi connectivity index (χ1) is 13.6. The highest BCUT2D eigenvalue weighted by Gasteiger charge is 2.25. The molecule has 5 rings (SSSR count). The molecule has 0 saturated heterocycles. The van der Waals surface area contributed by atoms with Crippen LogP contribution in [-0.2, 0) is 0 Å². The lowest BCUT2D eigenvalue weighted by atomic mass is 10.1. The molecular formula is C19H17ClN6OS. The van der Waals surface area contributed by atoms with Gasteiger partial charge >= 0.3 is 0 Å². The number of nitrogens with zero attached hydrogens (tertiary/aromatic N) is 3. The van der Waals surface area contributed by atoms with Crippen LogP contribution in [0.25, 0.3) is 21.0 Å². The third-order valence-corrected chi connectivity index (χ3v) is 6.10. The number of nitrogens with one attached hydrogen (secondary N) is 3. The fourth-order valence-electron chi connectivity index (χ4n) is 3.43. The number of hydrogen-bond acceptors (Lipinski definition) is 8. The van der Waals surface area contributed by atoms with Crippen LogP contribution < -0.4 is 16.0 Å². The van der Waals surface area contributed by atoms with Crippen LogP contribution in [0.2, 0.25) is 5.15 Å². The molecule has 1 aromatic carbocycles. The molecule has 0 fully saturated rings. The Morgan fingerprint density at radius 3 is 2.96 bits per heavy atom. The average Bonchev–Trinajstić information content (AvgIpc) is 2.99. The number of thiophene rings is 1. The predicted molar refractivity (Wildman–Crippen MR) is 113 cm³/mol. The maximum atomic E-state index is 10.5. The van der Waals surface area contributed by atoms with Crippen molar-refractivity contribution in [2.24, 2.45) is 0 Å². The van der Waals surface area contributed by atoms with E-state index in [0.29, 0.717) is 16.9 Å². The molecule has 28 heavy (non-hydrogen) atoms. The molecule has 1 aliphatic heterocycles. The molecule has 4 aromatic rings. The first-order valence-corrected chi connectivity index (χ1v) is 10.1. The quantitative estimate of drug-likeness (QED) is 0.369. The SMILES string of the molecule is C[C@@H]1CNc2c(sc3ccc4nc(Nc5nccc(Cl)n5)ccc4c23)C(O)N1. The Morgan fingerprint density at radius 2 is 2.11 bits per heavy atom. The van der Waals surface area contributed by atoms with Crippen molar-refractivity contribution in [3.63, 3.8) is 0 Å². The van der Waals surface area contributed by atoms with E-state index in [2.05, 4.69) is 25.9 Å². The number of aliphatic hydroxyl groups excluding tert-OH is 1. The van der Waals surface area contributed by atoms with E-state index < -0.39 is 6.23 Å². The molecule has 0 spiro atoms. The number of aliphatic hydroxyl groups is 1. The summed E-state index contributed by atoms with van der Waals surface area (Å²) in [5.41, 5.74) is 1.83. The van der Waals surface area contributed by atoms with Crippen LogP contribution in [0.3, 0.4) is 0 Å². The molecule has 3 aromatic heterocycles. The molecule has 4 heterocycles. The zero-order chi connectivity index (χ0) is 19.3. The topological polar surface area (TPSA) is 95.0 Å². The smallest absolute Gasteiger partial charge is 0.229 e. The molecule has 9 heteroatoms. The Bertz CT molecular complexity index is 1200. The summed E-state index contributed by atoms with van der Waals surface area (Å²) in [5.74, 6) is 1.04. The van der Waals surface area contributed by atoms with Gasteiger partial charge in [-0.15, -0.1) is 11.3 Å². The third kappa shape index (κ3) is 3.04. The zero-order valence-electron chi connectivity index (χ0n) is 14.9. The van der Waals surface area contributed by atoms with Gasteiger partial charge in [-0.05, 0) is 37.3 Å². The highest BCUT2D eigenvalue weighted by atomic mass is 35.5. The van der Waals surface area contributed by atoms with E-state index in [-0.39, 0.29) is 6.04 Å². The van der Waals surface area contributed by atoms with Crippen LogP contribution in [-0.4, -0.2) is 32.6 Å². The molecule has 0 saturated carbocycles. The minimum absolute atomic E-state index is 0.172. The summed E-state index contributed by atoms with van der Waals surface area (Å²) in [5, 5.41) is 22.8. The van der Waals surface area contributed by atoms with E-state index in [1.165, 1.54) is 0 Å². The van der Waals surface area contributed by atoms with Crippen LogP contribution in [0.4, 0.5) is 17.5 Å². The second kappa shape index (κ2) is 6.82. The molecule has 4 N–H and O–H groups in total. The third-order valence-electron chi connectivity index (χ3n) is 4.69. The summed E-state index contributed by atoms with van der Waals surface area (Å²) in [6, 6.07) is 9.74. The fourth-order valence-corrected chi connectivity index (χ4v) is 4.71. The highest BCUT2D eigenvalue weighted by Crippen LogP contribution is 2.43. The Hall–Kier alpha value is -2.52. The number of pyridine rings is 1. The van der Waals surface area contributed by atoms with E-state index in [4.69, 9.17) is 16.6 Å². The first kappa shape index (κ1) is 17.6. The van der Waals surface area contributed by atoms with E-state index in [0.717, 1.165) is 38.1 Å². The van der Waals surface area contributed by atoms with Gasteiger partial charge in [0.05, 0.1) is 16.1 Å². The summed E-state index contributed by atoms with van der Waals surface area (Å²) in [6.07, 6.45) is 0.913. The molecule has 2 atom stereocenters. The monoisotopic (exact) mass is 412 g/mol. The lowest BCUT2D eigenvalue weighted by Gasteiger charge is -2.13. The Labute approximate surface area is 169 Å². The maximum Gasteiger partial charge on any atom is 0.229 e. The normalized spacial score (nSPS) is 19.2. The minimum atomic E-state index is -0.679. The number of fused-ring (bicyclic) bond motifs is 5. The maximum absolute atomic E-state index is 10.5. The lowest BCUT2D eigenvalue weighted by molar-refractivity contribution is 0.134. The lowest BCUT2D eigenvalue weighted by Crippen LogP contribution is -2.32. The predicted octanol–water partition coefficient (Wildman–Crippen LogP) is 4.03. The van der Waals surface area contributed by atoms with Crippen molar-refractivity contribution in [3.05, 3.63) is 46.6 Å². The molecule has 0 amide bonds.